The number of ether oxygens (including phenoxy) is 2. The Morgan fingerprint density at radius 3 is 1.97 bits per heavy atom. The lowest BCUT2D eigenvalue weighted by atomic mass is 10.1. The number of carbonyl (C=O) groups is 2. The van der Waals surface area contributed by atoms with Gasteiger partial charge in [-0.2, -0.15) is 13.2 Å². The molecule has 2 rings (SSSR count). The molecule has 1 atom stereocenters. The van der Waals surface area contributed by atoms with E-state index in [0.717, 1.165) is 24.3 Å². The minimum Gasteiger partial charge on any atom is -0.466 e. The predicted octanol–water partition coefficient (Wildman–Crippen LogP) is 3.79. The number of amides is 1. The van der Waals surface area contributed by atoms with Gasteiger partial charge in [0.05, 0.1) is 13.5 Å². The summed E-state index contributed by atoms with van der Waals surface area (Å²) in [4.78, 5) is 24.4. The van der Waals surface area contributed by atoms with Gasteiger partial charge in [0.2, 0.25) is 5.91 Å². The largest absolute Gasteiger partial charge is 0.573 e. The number of rotatable bonds is 7. The van der Waals surface area contributed by atoms with Crippen LogP contribution in [0.3, 0.4) is 0 Å². The molecule has 0 aromatic heterocycles. The van der Waals surface area contributed by atoms with E-state index < -0.39 is 47.9 Å². The Morgan fingerprint density at radius 1 is 0.903 bits per heavy atom. The van der Waals surface area contributed by atoms with Crippen LogP contribution in [0.4, 0.5) is 32.0 Å². The summed E-state index contributed by atoms with van der Waals surface area (Å²) < 4.78 is 86.5. The minimum atomic E-state index is -5.38. The molecule has 2 aromatic carbocycles. The summed E-state index contributed by atoms with van der Waals surface area (Å²) in [5.74, 6) is -3.72. The fourth-order valence-electron chi connectivity index (χ4n) is 2.53. The standard InChI is InChI=1S/C19H16F6N2O4/c1-30-16(29)17(18(20,21)22,27-15(28)11-12-5-3-2-4-6-12)26-13-7-9-14(10-8-13)31-19(23,24)25/h2-10,26H,11H2,1H3,(H,27,28). The van der Waals surface area contributed by atoms with Crippen LogP contribution in [-0.2, 0) is 20.7 Å². The number of halogens is 6. The van der Waals surface area contributed by atoms with Crippen molar-refractivity contribution in [1.82, 2.24) is 5.32 Å². The van der Waals surface area contributed by atoms with Crippen LogP contribution in [0.5, 0.6) is 5.75 Å². The molecule has 0 saturated heterocycles. The number of benzene rings is 2. The van der Waals surface area contributed by atoms with Crippen molar-refractivity contribution in [1.29, 1.82) is 0 Å². The highest BCUT2D eigenvalue weighted by Crippen LogP contribution is 2.34. The fourth-order valence-corrected chi connectivity index (χ4v) is 2.53. The quantitative estimate of drug-likeness (QED) is 0.382. The van der Waals surface area contributed by atoms with Crippen molar-refractivity contribution in [3.63, 3.8) is 0 Å². The normalized spacial score (nSPS) is 13.6. The number of anilines is 1. The third kappa shape index (κ3) is 6.27. The summed E-state index contributed by atoms with van der Waals surface area (Å²) in [5.41, 5.74) is -3.74. The monoisotopic (exact) mass is 450 g/mol. The molecule has 0 bridgehead atoms. The molecular weight excluding hydrogens is 434 g/mol. The lowest BCUT2D eigenvalue weighted by molar-refractivity contribution is -0.274. The van der Waals surface area contributed by atoms with Gasteiger partial charge in [0.15, 0.2) is 0 Å². The fraction of sp³-hybridized carbons (Fsp3) is 0.263. The van der Waals surface area contributed by atoms with Gasteiger partial charge in [-0.1, -0.05) is 30.3 Å². The topological polar surface area (TPSA) is 76.7 Å². The van der Waals surface area contributed by atoms with Gasteiger partial charge < -0.3 is 20.1 Å². The van der Waals surface area contributed by atoms with Crippen molar-refractivity contribution < 1.29 is 45.4 Å². The van der Waals surface area contributed by atoms with Crippen LogP contribution in [0.25, 0.3) is 0 Å². The number of hydrogen-bond donors (Lipinski definition) is 2. The number of nitrogens with one attached hydrogen (secondary N) is 2. The molecule has 0 saturated carbocycles. The molecule has 0 radical (unpaired) electrons. The first-order chi connectivity index (χ1) is 14.4. The van der Waals surface area contributed by atoms with Gasteiger partial charge in [-0.05, 0) is 29.8 Å². The molecule has 2 N–H and O–H groups in total. The van der Waals surface area contributed by atoms with Gasteiger partial charge in [-0.3, -0.25) is 4.79 Å². The Labute approximate surface area is 172 Å². The highest BCUT2D eigenvalue weighted by atomic mass is 19.4. The first-order valence-electron chi connectivity index (χ1n) is 8.50. The highest BCUT2D eigenvalue weighted by Gasteiger charge is 2.63. The molecule has 12 heteroatoms. The predicted molar refractivity (Wildman–Crippen MR) is 95.8 cm³/mol. The zero-order chi connectivity index (χ0) is 23.3. The van der Waals surface area contributed by atoms with Crippen LogP contribution in [0, 0.1) is 0 Å². The lowest BCUT2D eigenvalue weighted by Crippen LogP contribution is -2.69. The van der Waals surface area contributed by atoms with E-state index in [1.165, 1.54) is 12.1 Å². The van der Waals surface area contributed by atoms with Crippen LogP contribution in [0.1, 0.15) is 5.56 Å². The van der Waals surface area contributed by atoms with E-state index in [1.54, 1.807) is 23.5 Å². The van der Waals surface area contributed by atoms with Gasteiger partial charge >= 0.3 is 24.2 Å². The molecule has 0 fully saturated rings. The van der Waals surface area contributed by atoms with Gasteiger partial charge in [-0.25, -0.2) is 4.79 Å². The maximum Gasteiger partial charge on any atom is 0.573 e. The van der Waals surface area contributed by atoms with Gasteiger partial charge in [0.1, 0.15) is 5.75 Å². The maximum atomic E-state index is 13.9. The summed E-state index contributed by atoms with van der Waals surface area (Å²) in [6, 6.07) is 10.9. The van der Waals surface area contributed by atoms with Crippen LogP contribution >= 0.6 is 0 Å². The number of esters is 1. The van der Waals surface area contributed by atoms with Crippen LogP contribution in [0.2, 0.25) is 0 Å². The molecule has 0 aliphatic carbocycles. The minimum absolute atomic E-state index is 0.384. The number of hydrogen-bond acceptors (Lipinski definition) is 5. The summed E-state index contributed by atoms with van der Waals surface area (Å²) in [6.45, 7) is 0. The molecule has 31 heavy (non-hydrogen) atoms. The molecule has 168 valence electrons. The highest BCUT2D eigenvalue weighted by molar-refractivity contribution is 5.92. The average molecular weight is 450 g/mol. The Balaban J connectivity index is 2.33. The molecule has 0 heterocycles. The van der Waals surface area contributed by atoms with Crippen molar-refractivity contribution in [2.45, 2.75) is 24.6 Å². The molecular formula is C19H16F6N2O4. The third-order valence-electron chi connectivity index (χ3n) is 3.87. The Kier molecular flexibility index (Phi) is 7.03. The molecule has 1 unspecified atom stereocenters. The second-order valence-corrected chi connectivity index (χ2v) is 6.15. The lowest BCUT2D eigenvalue weighted by Gasteiger charge is -2.35. The summed E-state index contributed by atoms with van der Waals surface area (Å²) >= 11 is 0. The van der Waals surface area contributed by atoms with E-state index in [4.69, 9.17) is 0 Å². The SMILES string of the molecule is COC(=O)C(NC(=O)Cc1ccccc1)(Nc1ccc(OC(F)(F)F)cc1)C(F)(F)F. The first kappa shape index (κ1) is 23.8. The summed E-state index contributed by atoms with van der Waals surface area (Å²) in [6.07, 6.45) is -10.9. The molecule has 0 spiro atoms. The zero-order valence-corrected chi connectivity index (χ0v) is 15.8. The summed E-state index contributed by atoms with van der Waals surface area (Å²) in [5, 5.41) is 3.43. The number of methoxy groups -OCH3 is 1. The van der Waals surface area contributed by atoms with E-state index in [0.29, 0.717) is 12.7 Å². The van der Waals surface area contributed by atoms with Crippen molar-refractivity contribution in [2.24, 2.45) is 0 Å². The van der Waals surface area contributed by atoms with E-state index in [-0.39, 0.29) is 0 Å². The Morgan fingerprint density at radius 2 is 1.48 bits per heavy atom. The number of alkyl halides is 6. The third-order valence-corrected chi connectivity index (χ3v) is 3.87. The average Bonchev–Trinajstić information content (AvgIpc) is 2.67. The first-order valence-corrected chi connectivity index (χ1v) is 8.50. The van der Waals surface area contributed by atoms with Crippen molar-refractivity contribution >= 4 is 17.6 Å². The Bertz CT molecular complexity index is 900. The maximum absolute atomic E-state index is 13.9. The van der Waals surface area contributed by atoms with Gasteiger partial charge in [0, 0.05) is 5.69 Å². The van der Waals surface area contributed by atoms with Crippen molar-refractivity contribution in [2.75, 3.05) is 12.4 Å². The second kappa shape index (κ2) is 9.14. The van der Waals surface area contributed by atoms with E-state index in [9.17, 15) is 35.9 Å². The molecule has 1 amide bonds. The second-order valence-electron chi connectivity index (χ2n) is 6.15. The Hall–Kier alpha value is -3.44. The van der Waals surface area contributed by atoms with Crippen molar-refractivity contribution in [3.05, 3.63) is 60.2 Å². The zero-order valence-electron chi connectivity index (χ0n) is 15.8. The molecule has 2 aromatic rings. The van der Waals surface area contributed by atoms with Gasteiger partial charge in [-0.15, -0.1) is 13.2 Å². The van der Waals surface area contributed by atoms with Crippen LogP contribution in [-0.4, -0.2) is 37.2 Å². The molecule has 0 aliphatic rings. The summed E-state index contributed by atoms with van der Waals surface area (Å²) in [7, 11) is 0.689. The van der Waals surface area contributed by atoms with Crippen LogP contribution in [0.15, 0.2) is 54.6 Å². The van der Waals surface area contributed by atoms with Crippen molar-refractivity contribution in [3.8, 4) is 5.75 Å². The van der Waals surface area contributed by atoms with Gasteiger partial charge in [0.25, 0.3) is 0 Å². The van der Waals surface area contributed by atoms with E-state index in [2.05, 4.69) is 9.47 Å². The molecule has 6 nitrogen and oxygen atoms in total. The van der Waals surface area contributed by atoms with E-state index in [1.807, 2.05) is 5.32 Å². The molecule has 0 aliphatic heterocycles. The number of carbonyl (C=O) groups excluding carboxylic acids is 2. The smallest absolute Gasteiger partial charge is 0.466 e. The van der Waals surface area contributed by atoms with E-state index >= 15 is 0 Å². The van der Waals surface area contributed by atoms with Crippen LogP contribution < -0.4 is 15.4 Å².